The van der Waals surface area contributed by atoms with Gasteiger partial charge < -0.3 is 10.5 Å². The number of aromatic nitrogens is 2. The topological polar surface area (TPSA) is 78.1 Å². The number of anilines is 1. The molecule has 5 heteroatoms. The summed E-state index contributed by atoms with van der Waals surface area (Å²) in [5.41, 5.74) is 7.45. The molecule has 16 heavy (non-hydrogen) atoms. The quantitative estimate of drug-likeness (QED) is 0.781. The first-order valence-electron chi connectivity index (χ1n) is 5.44. The number of rotatable bonds is 3. The first kappa shape index (κ1) is 10.9. The Kier molecular flexibility index (Phi) is 2.77. The molecule has 1 aromatic rings. The van der Waals surface area contributed by atoms with E-state index in [0.29, 0.717) is 23.8 Å². The van der Waals surface area contributed by atoms with Gasteiger partial charge in [-0.3, -0.25) is 0 Å². The predicted octanol–water partition coefficient (Wildman–Crippen LogP) is 1.42. The minimum Gasteiger partial charge on any atom is -0.462 e. The van der Waals surface area contributed by atoms with E-state index in [9.17, 15) is 4.79 Å². The highest BCUT2D eigenvalue weighted by Crippen LogP contribution is 2.41. The molecule has 1 saturated carbocycles. The lowest BCUT2D eigenvalue weighted by Gasteiger charge is -2.10. The largest absolute Gasteiger partial charge is 0.462 e. The zero-order chi connectivity index (χ0) is 11.7. The van der Waals surface area contributed by atoms with Crippen molar-refractivity contribution in [3.8, 4) is 0 Å². The summed E-state index contributed by atoms with van der Waals surface area (Å²) in [7, 11) is 0. The fraction of sp³-hybridized carbons (Fsp3) is 0.545. The van der Waals surface area contributed by atoms with Crippen LogP contribution in [0, 0.1) is 6.92 Å². The Morgan fingerprint density at radius 3 is 2.75 bits per heavy atom. The van der Waals surface area contributed by atoms with E-state index in [1.165, 1.54) is 0 Å². The highest BCUT2D eigenvalue weighted by molar-refractivity contribution is 5.92. The maximum Gasteiger partial charge on any atom is 0.341 e. The van der Waals surface area contributed by atoms with Crippen molar-refractivity contribution in [2.75, 3.05) is 12.3 Å². The number of hydrogen-bond donors (Lipinski definition) is 1. The summed E-state index contributed by atoms with van der Waals surface area (Å²) >= 11 is 0. The molecule has 0 radical (unpaired) electrons. The Morgan fingerprint density at radius 2 is 2.19 bits per heavy atom. The Bertz CT molecular complexity index is 427. The number of nitrogen functional groups attached to an aromatic ring is 1. The molecule has 1 aliphatic rings. The van der Waals surface area contributed by atoms with Crippen LogP contribution in [0.1, 0.15) is 47.4 Å². The van der Waals surface area contributed by atoms with E-state index in [-0.39, 0.29) is 11.9 Å². The Balaban J connectivity index is 2.44. The summed E-state index contributed by atoms with van der Waals surface area (Å²) in [6.45, 7) is 3.89. The van der Waals surface area contributed by atoms with Crippen molar-refractivity contribution in [2.24, 2.45) is 0 Å². The molecule has 0 unspecified atom stereocenters. The van der Waals surface area contributed by atoms with Crippen molar-refractivity contribution in [3.63, 3.8) is 0 Å². The van der Waals surface area contributed by atoms with Crippen molar-refractivity contribution < 1.29 is 9.53 Å². The third kappa shape index (κ3) is 1.98. The van der Waals surface area contributed by atoms with Crippen LogP contribution in [0.25, 0.3) is 0 Å². The fourth-order valence-electron chi connectivity index (χ4n) is 1.73. The molecule has 2 N–H and O–H groups in total. The standard InChI is InChI=1S/C11H15N3O2/c1-3-16-10(15)8-6(2)13-11(12)14-9(8)7-4-5-7/h7H,3-5H2,1-2H3,(H2,12,13,14). The van der Waals surface area contributed by atoms with E-state index in [0.717, 1.165) is 18.5 Å². The molecule has 5 nitrogen and oxygen atoms in total. The summed E-state index contributed by atoms with van der Waals surface area (Å²) in [5, 5.41) is 0. The van der Waals surface area contributed by atoms with Gasteiger partial charge in [-0.15, -0.1) is 0 Å². The summed E-state index contributed by atoms with van der Waals surface area (Å²) in [6, 6.07) is 0. The minimum absolute atomic E-state index is 0.229. The number of esters is 1. The molecular weight excluding hydrogens is 206 g/mol. The summed E-state index contributed by atoms with van der Waals surface area (Å²) < 4.78 is 5.01. The maximum absolute atomic E-state index is 11.8. The van der Waals surface area contributed by atoms with Crippen molar-refractivity contribution >= 4 is 11.9 Å². The molecule has 0 aromatic carbocycles. The van der Waals surface area contributed by atoms with Crippen molar-refractivity contribution in [1.82, 2.24) is 9.97 Å². The van der Waals surface area contributed by atoms with Gasteiger partial charge >= 0.3 is 5.97 Å². The van der Waals surface area contributed by atoms with E-state index < -0.39 is 0 Å². The van der Waals surface area contributed by atoms with Crippen molar-refractivity contribution in [3.05, 3.63) is 17.0 Å². The van der Waals surface area contributed by atoms with Gasteiger partial charge in [0.05, 0.1) is 18.0 Å². The molecule has 1 aromatic heterocycles. The van der Waals surface area contributed by atoms with Gasteiger partial charge in [-0.25, -0.2) is 14.8 Å². The average Bonchev–Trinajstić information content (AvgIpc) is 2.99. The van der Waals surface area contributed by atoms with Crippen LogP contribution in [-0.4, -0.2) is 22.5 Å². The average molecular weight is 221 g/mol. The van der Waals surface area contributed by atoms with E-state index in [1.54, 1.807) is 13.8 Å². The monoisotopic (exact) mass is 221 g/mol. The molecule has 0 saturated heterocycles. The molecule has 0 spiro atoms. The molecule has 0 aliphatic heterocycles. The first-order valence-corrected chi connectivity index (χ1v) is 5.44. The van der Waals surface area contributed by atoms with Gasteiger partial charge in [-0.1, -0.05) is 0 Å². The van der Waals surface area contributed by atoms with Gasteiger partial charge in [0.15, 0.2) is 0 Å². The number of ether oxygens (including phenoxy) is 1. The lowest BCUT2D eigenvalue weighted by Crippen LogP contribution is -2.14. The van der Waals surface area contributed by atoms with Crippen LogP contribution in [0.4, 0.5) is 5.95 Å². The van der Waals surface area contributed by atoms with E-state index in [1.807, 2.05) is 0 Å². The molecule has 2 rings (SSSR count). The predicted molar refractivity (Wildman–Crippen MR) is 59.1 cm³/mol. The molecule has 1 aliphatic carbocycles. The summed E-state index contributed by atoms with van der Waals surface area (Å²) in [4.78, 5) is 20.0. The third-order valence-corrected chi connectivity index (χ3v) is 2.58. The van der Waals surface area contributed by atoms with Gasteiger partial charge in [-0.05, 0) is 26.7 Å². The highest BCUT2D eigenvalue weighted by atomic mass is 16.5. The van der Waals surface area contributed by atoms with Crippen LogP contribution in [0.5, 0.6) is 0 Å². The fourth-order valence-corrected chi connectivity index (χ4v) is 1.73. The Hall–Kier alpha value is -1.65. The lowest BCUT2D eigenvalue weighted by atomic mass is 10.1. The number of aryl methyl sites for hydroxylation is 1. The van der Waals surface area contributed by atoms with Crippen LogP contribution in [0.15, 0.2) is 0 Å². The van der Waals surface area contributed by atoms with E-state index in [2.05, 4.69) is 9.97 Å². The van der Waals surface area contributed by atoms with Gasteiger partial charge in [0.1, 0.15) is 5.56 Å². The van der Waals surface area contributed by atoms with Crippen LogP contribution < -0.4 is 5.73 Å². The number of carbonyl (C=O) groups excluding carboxylic acids is 1. The first-order chi connectivity index (χ1) is 7.63. The Labute approximate surface area is 94.0 Å². The maximum atomic E-state index is 11.8. The number of carbonyl (C=O) groups is 1. The van der Waals surface area contributed by atoms with Crippen molar-refractivity contribution in [2.45, 2.75) is 32.6 Å². The molecule has 0 amide bonds. The second-order valence-electron chi connectivity index (χ2n) is 3.92. The molecule has 86 valence electrons. The lowest BCUT2D eigenvalue weighted by molar-refractivity contribution is 0.0523. The zero-order valence-electron chi connectivity index (χ0n) is 9.49. The van der Waals surface area contributed by atoms with E-state index >= 15 is 0 Å². The smallest absolute Gasteiger partial charge is 0.341 e. The zero-order valence-corrected chi connectivity index (χ0v) is 9.49. The third-order valence-electron chi connectivity index (χ3n) is 2.58. The van der Waals surface area contributed by atoms with E-state index in [4.69, 9.17) is 10.5 Å². The number of nitrogens with zero attached hydrogens (tertiary/aromatic N) is 2. The molecule has 1 heterocycles. The van der Waals surface area contributed by atoms with Gasteiger partial charge in [0.25, 0.3) is 0 Å². The Morgan fingerprint density at radius 1 is 1.50 bits per heavy atom. The normalized spacial score (nSPS) is 14.9. The molecule has 0 atom stereocenters. The van der Waals surface area contributed by atoms with Crippen LogP contribution in [-0.2, 0) is 4.74 Å². The van der Waals surface area contributed by atoms with Gasteiger partial charge in [-0.2, -0.15) is 0 Å². The second kappa shape index (κ2) is 4.08. The molecule has 1 fully saturated rings. The SMILES string of the molecule is CCOC(=O)c1c(C)nc(N)nc1C1CC1. The van der Waals surface area contributed by atoms with Gasteiger partial charge in [0, 0.05) is 5.92 Å². The van der Waals surface area contributed by atoms with Crippen LogP contribution >= 0.6 is 0 Å². The molecular formula is C11H15N3O2. The second-order valence-corrected chi connectivity index (χ2v) is 3.92. The van der Waals surface area contributed by atoms with Crippen LogP contribution in [0.2, 0.25) is 0 Å². The number of hydrogen-bond acceptors (Lipinski definition) is 5. The molecule has 0 bridgehead atoms. The van der Waals surface area contributed by atoms with Crippen LogP contribution in [0.3, 0.4) is 0 Å². The number of nitrogens with two attached hydrogens (primary N) is 1. The summed E-state index contributed by atoms with van der Waals surface area (Å²) in [5.74, 6) is 0.234. The minimum atomic E-state index is -0.345. The highest BCUT2D eigenvalue weighted by Gasteiger charge is 2.32. The van der Waals surface area contributed by atoms with Crippen molar-refractivity contribution in [1.29, 1.82) is 0 Å². The van der Waals surface area contributed by atoms with Gasteiger partial charge in [0.2, 0.25) is 5.95 Å². The summed E-state index contributed by atoms with van der Waals surface area (Å²) in [6.07, 6.45) is 2.12.